The molecule has 0 amide bonds. The summed E-state index contributed by atoms with van der Waals surface area (Å²) in [4.78, 5) is 10.5. The lowest BCUT2D eigenvalue weighted by Crippen LogP contribution is -2.02. The van der Waals surface area contributed by atoms with Crippen molar-refractivity contribution in [3.05, 3.63) is 40.7 Å². The highest BCUT2D eigenvalue weighted by molar-refractivity contribution is 6.31. The SMILES string of the molecule is Cc1c(Cl)cccc1-n1nnnc1/C=C/C(=O)O. The molecule has 7 heteroatoms. The molecule has 1 N–H and O–H groups in total. The van der Waals surface area contributed by atoms with Gasteiger partial charge in [0, 0.05) is 11.1 Å². The van der Waals surface area contributed by atoms with E-state index in [4.69, 9.17) is 16.7 Å². The summed E-state index contributed by atoms with van der Waals surface area (Å²) in [5.41, 5.74) is 1.52. The van der Waals surface area contributed by atoms with Gasteiger partial charge in [-0.15, -0.1) is 5.10 Å². The highest BCUT2D eigenvalue weighted by Crippen LogP contribution is 2.22. The number of rotatable bonds is 3. The third kappa shape index (κ3) is 2.38. The van der Waals surface area contributed by atoms with Gasteiger partial charge in [-0.2, -0.15) is 4.68 Å². The Balaban J connectivity index is 2.49. The van der Waals surface area contributed by atoms with Crippen LogP contribution in [0.4, 0.5) is 0 Å². The molecule has 0 unspecified atom stereocenters. The summed E-state index contributed by atoms with van der Waals surface area (Å²) in [6.07, 6.45) is 2.30. The highest BCUT2D eigenvalue weighted by atomic mass is 35.5. The molecule has 0 saturated carbocycles. The molecular weight excluding hydrogens is 256 g/mol. The van der Waals surface area contributed by atoms with E-state index in [1.807, 2.05) is 6.92 Å². The van der Waals surface area contributed by atoms with Crippen molar-refractivity contribution in [3.63, 3.8) is 0 Å². The van der Waals surface area contributed by atoms with Crippen LogP contribution in [-0.2, 0) is 4.79 Å². The molecular formula is C11H9ClN4O2. The molecule has 0 aliphatic heterocycles. The van der Waals surface area contributed by atoms with Gasteiger partial charge in [0.05, 0.1) is 5.69 Å². The fourth-order valence-electron chi connectivity index (χ4n) is 1.44. The smallest absolute Gasteiger partial charge is 0.328 e. The number of carboxylic acids is 1. The van der Waals surface area contributed by atoms with Gasteiger partial charge in [-0.3, -0.25) is 0 Å². The molecule has 2 rings (SSSR count). The molecule has 92 valence electrons. The zero-order chi connectivity index (χ0) is 13.1. The summed E-state index contributed by atoms with van der Waals surface area (Å²) in [7, 11) is 0. The molecule has 18 heavy (non-hydrogen) atoms. The molecule has 0 aliphatic rings. The Morgan fingerprint density at radius 1 is 1.50 bits per heavy atom. The van der Waals surface area contributed by atoms with Crippen LogP contribution in [0.15, 0.2) is 24.3 Å². The first-order chi connectivity index (χ1) is 8.59. The number of tetrazole rings is 1. The second-order valence-corrected chi connectivity index (χ2v) is 3.91. The average Bonchev–Trinajstić information content (AvgIpc) is 2.78. The van der Waals surface area contributed by atoms with Crippen molar-refractivity contribution >= 4 is 23.6 Å². The second kappa shape index (κ2) is 4.97. The average molecular weight is 265 g/mol. The van der Waals surface area contributed by atoms with Gasteiger partial charge in [0.25, 0.3) is 0 Å². The van der Waals surface area contributed by atoms with E-state index in [9.17, 15) is 4.79 Å². The molecule has 1 aromatic carbocycles. The molecule has 1 aromatic heterocycles. The minimum Gasteiger partial charge on any atom is -0.478 e. The van der Waals surface area contributed by atoms with Crippen LogP contribution < -0.4 is 0 Å². The largest absolute Gasteiger partial charge is 0.478 e. The van der Waals surface area contributed by atoms with E-state index < -0.39 is 5.97 Å². The number of aromatic nitrogens is 4. The van der Waals surface area contributed by atoms with Crippen LogP contribution in [-0.4, -0.2) is 31.3 Å². The van der Waals surface area contributed by atoms with Gasteiger partial charge in [-0.25, -0.2) is 4.79 Å². The topological polar surface area (TPSA) is 80.9 Å². The molecule has 0 aliphatic carbocycles. The van der Waals surface area contributed by atoms with Crippen LogP contribution >= 0.6 is 11.6 Å². The van der Waals surface area contributed by atoms with Gasteiger partial charge in [0.1, 0.15) is 0 Å². The van der Waals surface area contributed by atoms with Gasteiger partial charge >= 0.3 is 5.97 Å². The first-order valence-corrected chi connectivity index (χ1v) is 5.42. The molecule has 0 radical (unpaired) electrons. The molecule has 0 bridgehead atoms. The maximum Gasteiger partial charge on any atom is 0.328 e. The Morgan fingerprint density at radius 3 is 3.00 bits per heavy atom. The number of halogens is 1. The lowest BCUT2D eigenvalue weighted by atomic mass is 10.2. The molecule has 6 nitrogen and oxygen atoms in total. The predicted molar refractivity (Wildman–Crippen MR) is 65.6 cm³/mol. The van der Waals surface area contributed by atoms with Crippen molar-refractivity contribution < 1.29 is 9.90 Å². The number of nitrogens with zero attached hydrogens (tertiary/aromatic N) is 4. The normalized spacial score (nSPS) is 11.0. The zero-order valence-corrected chi connectivity index (χ0v) is 10.2. The van der Waals surface area contributed by atoms with E-state index in [1.54, 1.807) is 18.2 Å². The van der Waals surface area contributed by atoms with Gasteiger partial charge in [-0.1, -0.05) is 17.7 Å². The lowest BCUT2D eigenvalue weighted by Gasteiger charge is -2.06. The van der Waals surface area contributed by atoms with E-state index in [0.29, 0.717) is 16.5 Å². The monoisotopic (exact) mass is 264 g/mol. The maximum absolute atomic E-state index is 10.5. The standard InChI is InChI=1S/C11H9ClN4O2/c1-7-8(12)3-2-4-9(7)16-10(13-14-15-16)5-6-11(17)18/h2-6H,1H3,(H,17,18)/b6-5+. The molecule has 0 spiro atoms. The summed E-state index contributed by atoms with van der Waals surface area (Å²) in [5, 5.41) is 20.3. The van der Waals surface area contributed by atoms with Crippen molar-refractivity contribution in [1.29, 1.82) is 0 Å². The first kappa shape index (κ1) is 12.3. The van der Waals surface area contributed by atoms with Crippen LogP contribution in [0.1, 0.15) is 11.4 Å². The quantitative estimate of drug-likeness (QED) is 0.854. The van der Waals surface area contributed by atoms with Crippen molar-refractivity contribution in [2.45, 2.75) is 6.92 Å². The molecule has 2 aromatic rings. The van der Waals surface area contributed by atoms with Crippen molar-refractivity contribution in [2.75, 3.05) is 0 Å². The van der Waals surface area contributed by atoms with Gasteiger partial charge in [0.15, 0.2) is 5.82 Å². The van der Waals surface area contributed by atoms with Crippen LogP contribution in [0.25, 0.3) is 11.8 Å². The van der Waals surface area contributed by atoms with E-state index in [0.717, 1.165) is 11.6 Å². The van der Waals surface area contributed by atoms with Crippen molar-refractivity contribution in [3.8, 4) is 5.69 Å². The molecule has 0 atom stereocenters. The highest BCUT2D eigenvalue weighted by Gasteiger charge is 2.10. The van der Waals surface area contributed by atoms with Gasteiger partial charge in [-0.05, 0) is 41.1 Å². The summed E-state index contributed by atoms with van der Waals surface area (Å²) in [6, 6.07) is 5.34. The number of hydrogen-bond donors (Lipinski definition) is 1. The Kier molecular flexibility index (Phi) is 3.38. The summed E-state index contributed by atoms with van der Waals surface area (Å²) in [5.74, 6) is -0.741. The van der Waals surface area contributed by atoms with E-state index >= 15 is 0 Å². The lowest BCUT2D eigenvalue weighted by molar-refractivity contribution is -0.131. The predicted octanol–water partition coefficient (Wildman–Crippen LogP) is 1.72. The molecule has 0 fully saturated rings. The molecule has 0 saturated heterocycles. The summed E-state index contributed by atoms with van der Waals surface area (Å²) >= 11 is 6.02. The Labute approximate surface area is 108 Å². The number of carboxylic acid groups (broad SMARTS) is 1. The zero-order valence-electron chi connectivity index (χ0n) is 9.41. The van der Waals surface area contributed by atoms with Crippen LogP contribution in [0, 0.1) is 6.92 Å². The van der Waals surface area contributed by atoms with Crippen molar-refractivity contribution in [2.24, 2.45) is 0 Å². The number of aliphatic carboxylic acids is 1. The number of hydrogen-bond acceptors (Lipinski definition) is 4. The first-order valence-electron chi connectivity index (χ1n) is 5.04. The van der Waals surface area contributed by atoms with Crippen LogP contribution in [0.5, 0.6) is 0 Å². The van der Waals surface area contributed by atoms with E-state index in [-0.39, 0.29) is 0 Å². The number of benzene rings is 1. The minimum absolute atomic E-state index is 0.322. The Morgan fingerprint density at radius 2 is 2.28 bits per heavy atom. The van der Waals surface area contributed by atoms with E-state index in [2.05, 4.69) is 15.5 Å². The maximum atomic E-state index is 10.5. The van der Waals surface area contributed by atoms with E-state index in [1.165, 1.54) is 10.8 Å². The van der Waals surface area contributed by atoms with Crippen molar-refractivity contribution in [1.82, 2.24) is 20.2 Å². The second-order valence-electron chi connectivity index (χ2n) is 3.50. The summed E-state index contributed by atoms with van der Waals surface area (Å²) < 4.78 is 1.43. The van der Waals surface area contributed by atoms with Gasteiger partial charge < -0.3 is 5.11 Å². The fraction of sp³-hybridized carbons (Fsp3) is 0.0909. The van der Waals surface area contributed by atoms with Gasteiger partial charge in [0.2, 0.25) is 0 Å². The number of carbonyl (C=O) groups is 1. The fourth-order valence-corrected chi connectivity index (χ4v) is 1.61. The van der Waals surface area contributed by atoms with Crippen LogP contribution in [0.2, 0.25) is 5.02 Å². The van der Waals surface area contributed by atoms with Crippen LogP contribution in [0.3, 0.4) is 0 Å². The minimum atomic E-state index is -1.06. The summed E-state index contributed by atoms with van der Waals surface area (Å²) in [6.45, 7) is 1.84. The Hall–Kier alpha value is -2.21. The third-order valence-electron chi connectivity index (χ3n) is 2.34. The molecule has 1 heterocycles. The third-order valence-corrected chi connectivity index (χ3v) is 2.75. The Bertz CT molecular complexity index is 621.